The normalized spacial score (nSPS) is 12.4. The summed E-state index contributed by atoms with van der Waals surface area (Å²) in [5, 5.41) is 3.28. The van der Waals surface area contributed by atoms with Crippen LogP contribution in [-0.2, 0) is 6.42 Å². The molecule has 1 unspecified atom stereocenters. The van der Waals surface area contributed by atoms with E-state index in [4.69, 9.17) is 0 Å². The summed E-state index contributed by atoms with van der Waals surface area (Å²) in [5.41, 5.74) is 3.40. The zero-order valence-electron chi connectivity index (χ0n) is 11.1. The molecule has 0 spiro atoms. The molecule has 0 saturated heterocycles. The minimum atomic E-state index is -0.177. The first-order valence-corrected chi connectivity index (χ1v) is 7.36. The molecule has 0 heterocycles. The number of nitrogens with one attached hydrogen (secondary N) is 1. The van der Waals surface area contributed by atoms with Crippen molar-refractivity contribution in [3.8, 4) is 0 Å². The Kier molecular flexibility index (Phi) is 4.93. The molecule has 2 aromatic rings. The smallest absolute Gasteiger partial charge is 0.123 e. The fraction of sp³-hybridized carbons (Fsp3) is 0.250. The van der Waals surface area contributed by atoms with Gasteiger partial charge in [-0.2, -0.15) is 0 Å². The van der Waals surface area contributed by atoms with E-state index in [1.807, 2.05) is 20.0 Å². The van der Waals surface area contributed by atoms with Crippen molar-refractivity contribution >= 4 is 22.6 Å². The quantitative estimate of drug-likeness (QED) is 0.795. The van der Waals surface area contributed by atoms with E-state index in [9.17, 15) is 4.39 Å². The molecule has 0 saturated carbocycles. The van der Waals surface area contributed by atoms with Crippen LogP contribution in [0.2, 0.25) is 0 Å². The Hall–Kier alpha value is -0.940. The molecule has 1 atom stereocenters. The first-order valence-electron chi connectivity index (χ1n) is 6.28. The lowest BCUT2D eigenvalue weighted by Gasteiger charge is -2.19. The van der Waals surface area contributed by atoms with E-state index in [-0.39, 0.29) is 11.9 Å². The van der Waals surface area contributed by atoms with E-state index >= 15 is 0 Å². The van der Waals surface area contributed by atoms with Crippen LogP contribution in [0.15, 0.2) is 42.5 Å². The zero-order chi connectivity index (χ0) is 13.8. The van der Waals surface area contributed by atoms with Crippen LogP contribution in [0, 0.1) is 16.3 Å². The molecular weight excluding hydrogens is 352 g/mol. The summed E-state index contributed by atoms with van der Waals surface area (Å²) < 4.78 is 14.6. The van der Waals surface area contributed by atoms with E-state index in [1.54, 1.807) is 6.07 Å². The second kappa shape index (κ2) is 6.48. The van der Waals surface area contributed by atoms with Crippen LogP contribution < -0.4 is 5.32 Å². The third-order valence-corrected chi connectivity index (χ3v) is 4.04. The number of likely N-dealkylation sites (N-methyl/N-ethyl adjacent to an activating group) is 1. The molecule has 0 aliphatic rings. The lowest BCUT2D eigenvalue weighted by atomic mass is 9.95. The maximum Gasteiger partial charge on any atom is 0.123 e. The molecule has 0 fully saturated rings. The Morgan fingerprint density at radius 3 is 2.47 bits per heavy atom. The summed E-state index contributed by atoms with van der Waals surface area (Å²) in [6.45, 7) is 2.02. The molecule has 0 bridgehead atoms. The maximum absolute atomic E-state index is 13.4. The highest BCUT2D eigenvalue weighted by Gasteiger charge is 2.13. The highest BCUT2D eigenvalue weighted by molar-refractivity contribution is 14.1. The van der Waals surface area contributed by atoms with Crippen molar-refractivity contribution in [2.75, 3.05) is 7.05 Å². The van der Waals surface area contributed by atoms with Crippen LogP contribution in [0.5, 0.6) is 0 Å². The van der Waals surface area contributed by atoms with Gasteiger partial charge in [0.1, 0.15) is 5.82 Å². The van der Waals surface area contributed by atoms with Gasteiger partial charge in [0.15, 0.2) is 0 Å². The van der Waals surface area contributed by atoms with Gasteiger partial charge in [-0.15, -0.1) is 0 Å². The number of aryl methyl sites for hydroxylation is 1. The van der Waals surface area contributed by atoms with Crippen LogP contribution in [0.3, 0.4) is 0 Å². The van der Waals surface area contributed by atoms with Crippen LogP contribution >= 0.6 is 22.6 Å². The first-order chi connectivity index (χ1) is 9.10. The topological polar surface area (TPSA) is 12.0 Å². The van der Waals surface area contributed by atoms with Crippen molar-refractivity contribution in [2.24, 2.45) is 0 Å². The van der Waals surface area contributed by atoms with Gasteiger partial charge >= 0.3 is 0 Å². The number of benzene rings is 2. The number of hydrogen-bond acceptors (Lipinski definition) is 1. The molecular formula is C16H17FIN. The van der Waals surface area contributed by atoms with Gasteiger partial charge < -0.3 is 5.32 Å². The Bertz CT molecular complexity index is 551. The van der Waals surface area contributed by atoms with Gasteiger partial charge in [0.25, 0.3) is 0 Å². The average molecular weight is 369 g/mol. The van der Waals surface area contributed by atoms with Crippen molar-refractivity contribution in [3.63, 3.8) is 0 Å². The second-order valence-electron chi connectivity index (χ2n) is 4.67. The van der Waals surface area contributed by atoms with E-state index in [1.165, 1.54) is 15.2 Å². The van der Waals surface area contributed by atoms with Crippen LogP contribution in [-0.4, -0.2) is 7.05 Å². The minimum absolute atomic E-state index is 0.135. The molecule has 0 aliphatic heterocycles. The third kappa shape index (κ3) is 3.76. The predicted molar refractivity (Wildman–Crippen MR) is 85.8 cm³/mol. The van der Waals surface area contributed by atoms with Crippen molar-refractivity contribution < 1.29 is 4.39 Å². The Balaban J connectivity index is 2.24. The minimum Gasteiger partial charge on any atom is -0.313 e. The summed E-state index contributed by atoms with van der Waals surface area (Å²) in [6, 6.07) is 13.6. The molecule has 0 amide bonds. The van der Waals surface area contributed by atoms with Gasteiger partial charge in [0, 0.05) is 9.61 Å². The maximum atomic E-state index is 13.4. The number of halogens is 2. The van der Waals surface area contributed by atoms with Crippen molar-refractivity contribution in [1.82, 2.24) is 5.32 Å². The Morgan fingerprint density at radius 1 is 1.16 bits per heavy atom. The summed E-state index contributed by atoms with van der Waals surface area (Å²) in [5.74, 6) is -0.177. The fourth-order valence-corrected chi connectivity index (χ4v) is 2.57. The predicted octanol–water partition coefficient (Wildman–Crippen LogP) is 4.24. The lowest BCUT2D eigenvalue weighted by Crippen LogP contribution is -2.20. The Morgan fingerprint density at radius 2 is 1.84 bits per heavy atom. The van der Waals surface area contributed by atoms with Crippen LogP contribution in [0.1, 0.15) is 22.7 Å². The van der Waals surface area contributed by atoms with Crippen molar-refractivity contribution in [2.45, 2.75) is 19.4 Å². The van der Waals surface area contributed by atoms with E-state index in [0.717, 1.165) is 17.5 Å². The summed E-state index contributed by atoms with van der Waals surface area (Å²) in [6.07, 6.45) is 0.859. The van der Waals surface area contributed by atoms with Crippen LogP contribution in [0.4, 0.5) is 4.39 Å². The molecule has 2 aromatic carbocycles. The van der Waals surface area contributed by atoms with E-state index in [0.29, 0.717) is 0 Å². The molecule has 0 aromatic heterocycles. The van der Waals surface area contributed by atoms with Gasteiger partial charge in [0.2, 0.25) is 0 Å². The van der Waals surface area contributed by atoms with Crippen molar-refractivity contribution in [1.29, 1.82) is 0 Å². The third-order valence-electron chi connectivity index (χ3n) is 3.32. The van der Waals surface area contributed by atoms with Gasteiger partial charge in [0.05, 0.1) is 0 Å². The second-order valence-corrected chi connectivity index (χ2v) is 5.92. The summed E-state index contributed by atoms with van der Waals surface area (Å²) >= 11 is 2.30. The highest BCUT2D eigenvalue weighted by Crippen LogP contribution is 2.23. The molecule has 0 radical (unpaired) electrons. The van der Waals surface area contributed by atoms with Gasteiger partial charge in [-0.1, -0.05) is 18.2 Å². The van der Waals surface area contributed by atoms with Gasteiger partial charge in [-0.3, -0.25) is 0 Å². The number of rotatable bonds is 4. The van der Waals surface area contributed by atoms with Crippen LogP contribution in [0.25, 0.3) is 0 Å². The van der Waals surface area contributed by atoms with E-state index < -0.39 is 0 Å². The molecule has 1 N–H and O–H groups in total. The largest absolute Gasteiger partial charge is 0.313 e. The van der Waals surface area contributed by atoms with Gasteiger partial charge in [-0.25, -0.2) is 4.39 Å². The van der Waals surface area contributed by atoms with Gasteiger partial charge in [-0.05, 0) is 83.9 Å². The number of hydrogen-bond donors (Lipinski definition) is 1. The highest BCUT2D eigenvalue weighted by atomic mass is 127. The molecule has 0 aliphatic carbocycles. The fourth-order valence-electron chi connectivity index (χ4n) is 2.21. The lowest BCUT2D eigenvalue weighted by molar-refractivity contribution is 0.574. The summed E-state index contributed by atoms with van der Waals surface area (Å²) in [7, 11) is 1.92. The monoisotopic (exact) mass is 369 g/mol. The average Bonchev–Trinajstić information content (AvgIpc) is 2.41. The Labute approximate surface area is 127 Å². The first kappa shape index (κ1) is 14.5. The molecule has 1 nitrogen and oxygen atoms in total. The molecule has 100 valence electrons. The van der Waals surface area contributed by atoms with Crippen molar-refractivity contribution in [3.05, 3.63) is 68.5 Å². The molecule has 19 heavy (non-hydrogen) atoms. The molecule has 3 heteroatoms. The van der Waals surface area contributed by atoms with E-state index in [2.05, 4.69) is 52.2 Å². The standard InChI is InChI=1S/C16H17FIN/c1-11-3-6-13(17)10-15(11)16(19-2)9-12-4-7-14(18)8-5-12/h3-8,10,16,19H,9H2,1-2H3. The zero-order valence-corrected chi connectivity index (χ0v) is 13.2. The SMILES string of the molecule is CNC(Cc1ccc(I)cc1)c1cc(F)ccc1C. The summed E-state index contributed by atoms with van der Waals surface area (Å²) in [4.78, 5) is 0. The molecule has 2 rings (SSSR count).